The van der Waals surface area contributed by atoms with Crippen molar-refractivity contribution in [3.05, 3.63) is 39.3 Å². The van der Waals surface area contributed by atoms with Crippen molar-refractivity contribution in [2.75, 3.05) is 49.5 Å². The molecule has 2 saturated heterocycles. The molecule has 0 bridgehead atoms. The van der Waals surface area contributed by atoms with Crippen molar-refractivity contribution >= 4 is 63.3 Å². The molecule has 1 spiro atoms. The van der Waals surface area contributed by atoms with Gasteiger partial charge in [-0.05, 0) is 30.2 Å². The van der Waals surface area contributed by atoms with Crippen LogP contribution in [0.3, 0.4) is 0 Å². The first-order valence-corrected chi connectivity index (χ1v) is 12.6. The molecule has 1 unspecified atom stereocenters. The van der Waals surface area contributed by atoms with Gasteiger partial charge in [-0.25, -0.2) is 14.6 Å². The highest BCUT2D eigenvalue weighted by Gasteiger charge is 2.50. The molecule has 180 valence electrons. The molecule has 1 atom stereocenters. The van der Waals surface area contributed by atoms with Crippen LogP contribution in [0, 0.1) is 5.92 Å². The van der Waals surface area contributed by atoms with Crippen molar-refractivity contribution < 1.29 is 14.4 Å². The van der Waals surface area contributed by atoms with Crippen LogP contribution in [0.25, 0.3) is 0 Å². The second kappa shape index (κ2) is 8.90. The fourth-order valence-electron chi connectivity index (χ4n) is 4.99. The second-order valence-electron chi connectivity index (χ2n) is 9.08. The molecule has 0 aliphatic carbocycles. The van der Waals surface area contributed by atoms with Crippen LogP contribution in [0.2, 0.25) is 9.36 Å². The third-order valence-electron chi connectivity index (χ3n) is 6.80. The number of rotatable bonds is 3. The van der Waals surface area contributed by atoms with Gasteiger partial charge in [-0.15, -0.1) is 0 Å². The Morgan fingerprint density at radius 1 is 1.18 bits per heavy atom. The van der Waals surface area contributed by atoms with Crippen LogP contribution in [-0.4, -0.2) is 72.0 Å². The number of fused-ring (bicyclic) bond motifs is 2. The molecule has 4 heterocycles. The number of aromatic nitrogens is 1. The number of thiazole rings is 1. The largest absolute Gasteiger partial charge is 0.342 e. The average molecular weight is 523 g/mol. The summed E-state index contributed by atoms with van der Waals surface area (Å²) in [6, 6.07) is 5.09. The number of urea groups is 2. The number of carbonyl (C=O) groups excluding carboxylic acids is 3. The van der Waals surface area contributed by atoms with Crippen molar-refractivity contribution in [1.29, 1.82) is 0 Å². The van der Waals surface area contributed by atoms with Crippen LogP contribution in [0.4, 0.5) is 20.4 Å². The molecule has 0 saturated carbocycles. The van der Waals surface area contributed by atoms with Crippen LogP contribution in [0.15, 0.2) is 24.4 Å². The molecule has 34 heavy (non-hydrogen) atoms. The zero-order chi connectivity index (χ0) is 24.0. The van der Waals surface area contributed by atoms with Gasteiger partial charge in [0.1, 0.15) is 4.34 Å². The van der Waals surface area contributed by atoms with E-state index in [1.165, 1.54) is 17.5 Å². The van der Waals surface area contributed by atoms with E-state index in [2.05, 4.69) is 15.6 Å². The van der Waals surface area contributed by atoms with Crippen molar-refractivity contribution in [2.24, 2.45) is 5.92 Å². The Hall–Kier alpha value is -2.56. The molecule has 0 radical (unpaired) electrons. The normalized spacial score (nSPS) is 21.6. The monoisotopic (exact) mass is 522 g/mol. The van der Waals surface area contributed by atoms with Gasteiger partial charge in [0.25, 0.3) is 0 Å². The zero-order valence-electron chi connectivity index (χ0n) is 18.5. The number of halogens is 2. The topological polar surface area (TPSA) is 97.9 Å². The quantitative estimate of drug-likeness (QED) is 0.642. The molecule has 9 nitrogen and oxygen atoms in total. The number of likely N-dealkylation sites (tertiary alicyclic amines) is 2. The van der Waals surface area contributed by atoms with Crippen LogP contribution in [0.1, 0.15) is 18.9 Å². The van der Waals surface area contributed by atoms with E-state index in [1.807, 2.05) is 12.1 Å². The Morgan fingerprint density at radius 3 is 2.68 bits per heavy atom. The van der Waals surface area contributed by atoms with Crippen molar-refractivity contribution in [3.63, 3.8) is 0 Å². The number of nitrogens with zero attached hydrogens (tertiary/aromatic N) is 4. The number of nitrogens with one attached hydrogen (secondary N) is 2. The summed E-state index contributed by atoms with van der Waals surface area (Å²) < 4.78 is 0.494. The number of carbonyl (C=O) groups is 3. The highest BCUT2D eigenvalue weighted by Crippen LogP contribution is 2.47. The van der Waals surface area contributed by atoms with Crippen molar-refractivity contribution in [2.45, 2.75) is 18.8 Å². The van der Waals surface area contributed by atoms with Gasteiger partial charge >= 0.3 is 12.1 Å². The Balaban J connectivity index is 1.27. The third-order valence-corrected chi connectivity index (χ3v) is 8.07. The minimum absolute atomic E-state index is 0.0640. The van der Waals surface area contributed by atoms with Gasteiger partial charge in [-0.3, -0.25) is 15.0 Å². The zero-order valence-corrected chi connectivity index (χ0v) is 20.8. The fraction of sp³-hybridized carbons (Fsp3) is 0.455. The maximum absolute atomic E-state index is 13.1. The van der Waals surface area contributed by atoms with Crippen LogP contribution >= 0.6 is 34.5 Å². The molecule has 2 fully saturated rings. The highest BCUT2D eigenvalue weighted by atomic mass is 35.5. The lowest BCUT2D eigenvalue weighted by Gasteiger charge is -2.38. The van der Waals surface area contributed by atoms with Gasteiger partial charge in [-0.2, -0.15) is 0 Å². The van der Waals surface area contributed by atoms with E-state index >= 15 is 0 Å². The molecular weight excluding hydrogens is 499 g/mol. The van der Waals surface area contributed by atoms with E-state index in [-0.39, 0.29) is 23.9 Å². The van der Waals surface area contributed by atoms with Crippen LogP contribution in [-0.2, 0) is 10.2 Å². The first-order chi connectivity index (χ1) is 16.2. The lowest BCUT2D eigenvalue weighted by atomic mass is 9.81. The van der Waals surface area contributed by atoms with E-state index < -0.39 is 5.41 Å². The molecule has 2 N–H and O–H groups in total. The Labute approximate surface area is 211 Å². The summed E-state index contributed by atoms with van der Waals surface area (Å²) in [5.74, 6) is 0.350. The summed E-state index contributed by atoms with van der Waals surface area (Å²) in [5.41, 5.74) is 1.36. The summed E-state index contributed by atoms with van der Waals surface area (Å²) in [7, 11) is 0. The minimum atomic E-state index is -0.392. The van der Waals surface area contributed by atoms with Crippen LogP contribution in [0.5, 0.6) is 0 Å². The molecule has 3 aliphatic rings. The molecule has 12 heteroatoms. The third kappa shape index (κ3) is 4.30. The molecule has 5 amide bonds. The maximum Gasteiger partial charge on any atom is 0.328 e. The molecule has 1 aromatic heterocycles. The number of amides is 5. The van der Waals surface area contributed by atoms with Crippen molar-refractivity contribution in [1.82, 2.24) is 20.1 Å². The number of hydrogen-bond acceptors (Lipinski definition) is 5. The predicted molar refractivity (Wildman–Crippen MR) is 132 cm³/mol. The van der Waals surface area contributed by atoms with Gasteiger partial charge in [0.15, 0.2) is 5.13 Å². The van der Waals surface area contributed by atoms with Gasteiger partial charge in [0.05, 0.1) is 6.20 Å². The predicted octanol–water partition coefficient (Wildman–Crippen LogP) is 3.63. The van der Waals surface area contributed by atoms with Gasteiger partial charge in [0.2, 0.25) is 5.91 Å². The summed E-state index contributed by atoms with van der Waals surface area (Å²) in [6.07, 6.45) is 2.22. The molecule has 5 rings (SSSR count). The van der Waals surface area contributed by atoms with Gasteiger partial charge in [0, 0.05) is 68.2 Å². The van der Waals surface area contributed by atoms with E-state index in [4.69, 9.17) is 23.2 Å². The van der Waals surface area contributed by atoms with Gasteiger partial charge in [-0.1, -0.05) is 34.5 Å². The summed E-state index contributed by atoms with van der Waals surface area (Å²) >= 11 is 13.5. The molecular formula is C22H24Cl2N6O3S. The van der Waals surface area contributed by atoms with E-state index in [0.29, 0.717) is 53.8 Å². The van der Waals surface area contributed by atoms with Crippen LogP contribution < -0.4 is 15.5 Å². The molecule has 3 aliphatic heterocycles. The van der Waals surface area contributed by atoms with E-state index in [0.717, 1.165) is 17.7 Å². The Kier molecular flexibility index (Phi) is 6.07. The highest BCUT2D eigenvalue weighted by molar-refractivity contribution is 7.19. The average Bonchev–Trinajstić information content (AvgIpc) is 3.45. The second-order valence-corrected chi connectivity index (χ2v) is 11.2. The first kappa shape index (κ1) is 23.2. The summed E-state index contributed by atoms with van der Waals surface area (Å²) in [6.45, 7) is 4.97. The number of anilines is 2. The van der Waals surface area contributed by atoms with E-state index in [9.17, 15) is 14.4 Å². The number of hydrogen-bond donors (Lipinski definition) is 2. The Bertz CT molecular complexity index is 1150. The summed E-state index contributed by atoms with van der Waals surface area (Å²) in [5, 5.41) is 6.84. The fourth-order valence-corrected chi connectivity index (χ4v) is 5.96. The maximum atomic E-state index is 13.1. The molecule has 1 aromatic carbocycles. The minimum Gasteiger partial charge on any atom is -0.342 e. The standard InChI is InChI=1S/C22H24Cl2N6O3S/c1-13(31)29-9-14(10-29)7-26-20(32)28-5-4-22(11-28)12-30(17-3-2-15(23)6-16(17)22)21(33)27-19-25-8-18(24)34-19/h2-3,6,8,14H,4-5,7,9-12H2,1H3,(H,26,32)(H,25,27,33). The van der Waals surface area contributed by atoms with Gasteiger partial charge < -0.3 is 15.1 Å². The smallest absolute Gasteiger partial charge is 0.328 e. The summed E-state index contributed by atoms with van der Waals surface area (Å²) in [4.78, 5) is 46.7. The molecule has 2 aromatic rings. The SMILES string of the molecule is CC(=O)N1CC(CNC(=O)N2CCC3(C2)CN(C(=O)Nc2ncc(Cl)s2)c2ccc(Cl)cc23)C1. The lowest BCUT2D eigenvalue weighted by molar-refractivity contribution is -0.134. The first-order valence-electron chi connectivity index (χ1n) is 11.0. The van der Waals surface area contributed by atoms with Crippen molar-refractivity contribution in [3.8, 4) is 0 Å². The lowest BCUT2D eigenvalue weighted by Crippen LogP contribution is -2.54. The number of benzene rings is 1. The Morgan fingerprint density at radius 2 is 1.97 bits per heavy atom. The van der Waals surface area contributed by atoms with E-state index in [1.54, 1.807) is 27.7 Å².